The fourth-order valence-electron chi connectivity index (χ4n) is 1.79. The molecule has 19 heavy (non-hydrogen) atoms. The average Bonchev–Trinajstić information content (AvgIpc) is 2.84. The fraction of sp³-hybridized carbons (Fsp3) is 0.267. The smallest absolute Gasteiger partial charge is 0.162 e. The van der Waals surface area contributed by atoms with Crippen LogP contribution in [0.5, 0.6) is 0 Å². The van der Waals surface area contributed by atoms with Crippen molar-refractivity contribution in [3.63, 3.8) is 0 Å². The van der Waals surface area contributed by atoms with Gasteiger partial charge in [0.2, 0.25) is 0 Å². The van der Waals surface area contributed by atoms with Crippen molar-refractivity contribution in [2.24, 2.45) is 0 Å². The molecular formula is C15H16ClNOS. The first-order chi connectivity index (χ1) is 9.19. The fourth-order valence-corrected chi connectivity index (χ4v) is 2.88. The maximum atomic E-state index is 11.5. The van der Waals surface area contributed by atoms with Crippen LogP contribution in [0.2, 0.25) is 4.34 Å². The second-order valence-corrected chi connectivity index (χ2v) is 6.04. The standard InChI is InChI=1S/C15H16ClNOS/c1-2-14(18)11-3-5-12(6-4-11)17-10-9-13-7-8-15(16)19-13/h3-8,17H,2,9-10H2,1H3. The number of Topliss-reactive ketones (excluding diaryl/α,β-unsaturated/α-hetero) is 1. The lowest BCUT2D eigenvalue weighted by atomic mass is 10.1. The van der Waals surface area contributed by atoms with E-state index in [1.807, 2.05) is 37.3 Å². The van der Waals surface area contributed by atoms with Crippen molar-refractivity contribution < 1.29 is 4.79 Å². The second-order valence-electron chi connectivity index (χ2n) is 4.24. The molecule has 4 heteroatoms. The van der Waals surface area contributed by atoms with Crippen LogP contribution in [0.15, 0.2) is 36.4 Å². The summed E-state index contributed by atoms with van der Waals surface area (Å²) in [6, 6.07) is 11.6. The first kappa shape index (κ1) is 14.1. The van der Waals surface area contributed by atoms with Crippen LogP contribution in [0.3, 0.4) is 0 Å². The Morgan fingerprint density at radius 2 is 1.95 bits per heavy atom. The van der Waals surface area contributed by atoms with Gasteiger partial charge in [0.1, 0.15) is 0 Å². The largest absolute Gasteiger partial charge is 0.385 e. The zero-order chi connectivity index (χ0) is 13.7. The van der Waals surface area contributed by atoms with Gasteiger partial charge in [-0.25, -0.2) is 0 Å². The Labute approximate surface area is 122 Å². The summed E-state index contributed by atoms with van der Waals surface area (Å²) in [6.45, 7) is 2.73. The molecule has 0 aliphatic carbocycles. The summed E-state index contributed by atoms with van der Waals surface area (Å²) in [6.07, 6.45) is 1.50. The van der Waals surface area contributed by atoms with Crippen molar-refractivity contribution in [1.82, 2.24) is 0 Å². The van der Waals surface area contributed by atoms with Crippen LogP contribution in [0.4, 0.5) is 5.69 Å². The number of anilines is 1. The Balaban J connectivity index is 1.84. The van der Waals surface area contributed by atoms with Crippen LogP contribution in [-0.4, -0.2) is 12.3 Å². The highest BCUT2D eigenvalue weighted by molar-refractivity contribution is 7.16. The van der Waals surface area contributed by atoms with Gasteiger partial charge in [-0.05, 0) is 42.8 Å². The van der Waals surface area contributed by atoms with E-state index in [0.717, 1.165) is 28.6 Å². The van der Waals surface area contributed by atoms with Crippen LogP contribution >= 0.6 is 22.9 Å². The monoisotopic (exact) mass is 293 g/mol. The molecule has 0 aliphatic heterocycles. The molecule has 2 nitrogen and oxygen atoms in total. The van der Waals surface area contributed by atoms with Crippen LogP contribution in [0, 0.1) is 0 Å². The summed E-state index contributed by atoms with van der Waals surface area (Å²) in [7, 11) is 0. The molecule has 0 atom stereocenters. The summed E-state index contributed by atoms with van der Waals surface area (Å²) < 4.78 is 0.831. The van der Waals surface area contributed by atoms with Crippen LogP contribution in [0.25, 0.3) is 0 Å². The molecule has 0 amide bonds. The van der Waals surface area contributed by atoms with E-state index in [1.54, 1.807) is 11.3 Å². The number of carbonyl (C=O) groups excluding carboxylic acids is 1. The lowest BCUT2D eigenvalue weighted by Crippen LogP contribution is -2.04. The van der Waals surface area contributed by atoms with E-state index in [-0.39, 0.29) is 5.78 Å². The Kier molecular flexibility index (Phi) is 5.00. The second kappa shape index (κ2) is 6.73. The predicted molar refractivity (Wildman–Crippen MR) is 82.6 cm³/mol. The molecule has 1 heterocycles. The van der Waals surface area contributed by atoms with Crippen LogP contribution in [0.1, 0.15) is 28.6 Å². The predicted octanol–water partition coefficient (Wildman–Crippen LogP) is 4.65. The molecule has 0 spiro atoms. The first-order valence-electron chi connectivity index (χ1n) is 6.30. The molecule has 2 rings (SSSR count). The molecule has 0 unspecified atom stereocenters. The van der Waals surface area contributed by atoms with E-state index < -0.39 is 0 Å². The molecule has 0 fully saturated rings. The molecule has 1 aromatic heterocycles. The summed E-state index contributed by atoms with van der Waals surface area (Å²) in [5.41, 5.74) is 1.81. The van der Waals surface area contributed by atoms with Gasteiger partial charge in [-0.15, -0.1) is 11.3 Å². The maximum Gasteiger partial charge on any atom is 0.162 e. The number of thiophene rings is 1. The number of benzene rings is 1. The maximum absolute atomic E-state index is 11.5. The Hall–Kier alpha value is -1.32. The van der Waals surface area contributed by atoms with Gasteiger partial charge in [0, 0.05) is 29.1 Å². The molecule has 100 valence electrons. The highest BCUT2D eigenvalue weighted by atomic mass is 35.5. The lowest BCUT2D eigenvalue weighted by Gasteiger charge is -2.06. The summed E-state index contributed by atoms with van der Waals surface area (Å²) >= 11 is 7.50. The van der Waals surface area contributed by atoms with Crippen LogP contribution in [-0.2, 0) is 6.42 Å². The quantitative estimate of drug-likeness (QED) is 0.786. The molecule has 0 saturated heterocycles. The zero-order valence-electron chi connectivity index (χ0n) is 10.8. The average molecular weight is 294 g/mol. The summed E-state index contributed by atoms with van der Waals surface area (Å²) in [4.78, 5) is 12.8. The molecule has 0 aliphatic rings. The van der Waals surface area contributed by atoms with Gasteiger partial charge in [-0.2, -0.15) is 0 Å². The summed E-state index contributed by atoms with van der Waals surface area (Å²) in [5, 5.41) is 3.34. The van der Waals surface area contributed by atoms with Gasteiger partial charge in [-0.3, -0.25) is 4.79 Å². The van der Waals surface area contributed by atoms with Crippen molar-refractivity contribution in [1.29, 1.82) is 0 Å². The van der Waals surface area contributed by atoms with E-state index in [9.17, 15) is 4.79 Å². The molecule has 2 aromatic rings. The van der Waals surface area contributed by atoms with E-state index in [1.165, 1.54) is 4.88 Å². The van der Waals surface area contributed by atoms with Gasteiger partial charge in [0.15, 0.2) is 5.78 Å². The van der Waals surface area contributed by atoms with E-state index in [2.05, 4.69) is 11.4 Å². The molecule has 1 N–H and O–H groups in total. The van der Waals surface area contributed by atoms with Crippen molar-refractivity contribution in [2.45, 2.75) is 19.8 Å². The van der Waals surface area contributed by atoms with Gasteiger partial charge < -0.3 is 5.32 Å². The van der Waals surface area contributed by atoms with E-state index >= 15 is 0 Å². The minimum absolute atomic E-state index is 0.180. The Morgan fingerprint density at radius 3 is 2.53 bits per heavy atom. The van der Waals surface area contributed by atoms with E-state index in [0.29, 0.717) is 6.42 Å². The van der Waals surface area contributed by atoms with Crippen molar-refractivity contribution in [2.75, 3.05) is 11.9 Å². The topological polar surface area (TPSA) is 29.1 Å². The molecular weight excluding hydrogens is 278 g/mol. The lowest BCUT2D eigenvalue weighted by molar-refractivity contribution is 0.0988. The third kappa shape index (κ3) is 4.08. The third-order valence-corrected chi connectivity index (χ3v) is 4.15. The van der Waals surface area contributed by atoms with Gasteiger partial charge in [0.25, 0.3) is 0 Å². The zero-order valence-corrected chi connectivity index (χ0v) is 12.4. The summed E-state index contributed by atoms with van der Waals surface area (Å²) in [5.74, 6) is 0.180. The minimum Gasteiger partial charge on any atom is -0.385 e. The van der Waals surface area contributed by atoms with Crippen molar-refractivity contribution >= 4 is 34.4 Å². The van der Waals surface area contributed by atoms with Gasteiger partial charge >= 0.3 is 0 Å². The number of ketones is 1. The molecule has 0 saturated carbocycles. The van der Waals surface area contributed by atoms with Crippen LogP contribution < -0.4 is 5.32 Å². The Morgan fingerprint density at radius 1 is 1.21 bits per heavy atom. The molecule has 0 radical (unpaired) electrons. The molecule has 1 aromatic carbocycles. The van der Waals surface area contributed by atoms with Gasteiger partial charge in [0.05, 0.1) is 4.34 Å². The highest BCUT2D eigenvalue weighted by Gasteiger charge is 2.02. The minimum atomic E-state index is 0.180. The van der Waals surface area contributed by atoms with E-state index in [4.69, 9.17) is 11.6 Å². The van der Waals surface area contributed by atoms with Gasteiger partial charge in [-0.1, -0.05) is 18.5 Å². The number of halogens is 1. The number of nitrogens with one attached hydrogen (secondary N) is 1. The number of hydrogen-bond donors (Lipinski definition) is 1. The van der Waals surface area contributed by atoms with Crippen molar-refractivity contribution in [3.05, 3.63) is 51.2 Å². The Bertz CT molecular complexity index is 548. The first-order valence-corrected chi connectivity index (χ1v) is 7.50. The SMILES string of the molecule is CCC(=O)c1ccc(NCCc2ccc(Cl)s2)cc1. The highest BCUT2D eigenvalue weighted by Crippen LogP contribution is 2.21. The molecule has 0 bridgehead atoms. The number of carbonyl (C=O) groups is 1. The number of hydrogen-bond acceptors (Lipinski definition) is 3. The van der Waals surface area contributed by atoms with Crippen molar-refractivity contribution in [3.8, 4) is 0 Å². The number of rotatable bonds is 6. The third-order valence-electron chi connectivity index (χ3n) is 2.86. The normalized spacial score (nSPS) is 10.4.